The number of ether oxygens (including phenoxy) is 2. The molecule has 1 saturated heterocycles. The van der Waals surface area contributed by atoms with E-state index in [1.54, 1.807) is 31.2 Å². The number of nitrogens with one attached hydrogen (secondary N) is 1. The molecule has 15 heteroatoms. The number of nitrogens with two attached hydrogens (primary N) is 1. The Kier molecular flexibility index (Phi) is 8.94. The molecule has 0 aliphatic carbocycles. The average Bonchev–Trinajstić information content (AvgIpc) is 3.80. The van der Waals surface area contributed by atoms with Crippen LogP contribution in [0.4, 0.5) is 20.4 Å². The predicted octanol–water partition coefficient (Wildman–Crippen LogP) is 5.08. The molecule has 1 aliphatic rings. The minimum atomic E-state index is -1.31. The van der Waals surface area contributed by atoms with Crippen LogP contribution in [0.5, 0.6) is 23.3 Å². The molecular formula is C33H30F2N8O5. The van der Waals surface area contributed by atoms with Crippen molar-refractivity contribution in [1.29, 1.82) is 0 Å². The second kappa shape index (κ2) is 13.4. The number of carboxylic acid groups (broad SMARTS) is 1. The summed E-state index contributed by atoms with van der Waals surface area (Å²) in [6.07, 6.45) is 0.263. The van der Waals surface area contributed by atoms with E-state index in [1.165, 1.54) is 29.0 Å². The van der Waals surface area contributed by atoms with Crippen molar-refractivity contribution in [2.24, 2.45) is 11.7 Å². The van der Waals surface area contributed by atoms with Crippen LogP contribution in [0.1, 0.15) is 27.9 Å². The highest BCUT2D eigenvalue weighted by Gasteiger charge is 2.36. The number of anilines is 2. The first kappa shape index (κ1) is 32.0. The number of carbonyl (C=O) groups excluding carboxylic acids is 1. The van der Waals surface area contributed by atoms with Crippen molar-refractivity contribution in [1.82, 2.24) is 25.6 Å². The third kappa shape index (κ3) is 6.48. The summed E-state index contributed by atoms with van der Waals surface area (Å²) in [6, 6.07) is 18.7. The fourth-order valence-corrected chi connectivity index (χ4v) is 5.46. The summed E-state index contributed by atoms with van der Waals surface area (Å²) in [5, 5.41) is 23.1. The van der Waals surface area contributed by atoms with Gasteiger partial charge in [-0.25, -0.2) is 4.79 Å². The zero-order valence-electron chi connectivity index (χ0n) is 25.9. The monoisotopic (exact) mass is 656 g/mol. The van der Waals surface area contributed by atoms with Gasteiger partial charge in [0.05, 0.1) is 5.92 Å². The maximum absolute atomic E-state index is 16.3. The lowest BCUT2D eigenvalue weighted by molar-refractivity contribution is -0.121. The summed E-state index contributed by atoms with van der Waals surface area (Å²) in [6.45, 7) is 2.10. The molecule has 0 radical (unpaired) electrons. The molecule has 1 atom stereocenters. The quantitative estimate of drug-likeness (QED) is 0.183. The molecule has 2 aromatic heterocycles. The van der Waals surface area contributed by atoms with Gasteiger partial charge in [-0.15, -0.1) is 5.10 Å². The van der Waals surface area contributed by atoms with Gasteiger partial charge in [-0.05, 0) is 71.1 Å². The van der Waals surface area contributed by atoms with Gasteiger partial charge >= 0.3 is 5.97 Å². The number of carboxylic acids is 1. The number of aromatic nitrogens is 5. The van der Waals surface area contributed by atoms with Gasteiger partial charge in [0.1, 0.15) is 22.7 Å². The molecule has 13 nitrogen and oxygen atoms in total. The summed E-state index contributed by atoms with van der Waals surface area (Å²) in [4.78, 5) is 31.7. The number of aromatic amines is 1. The van der Waals surface area contributed by atoms with E-state index < -0.39 is 41.0 Å². The SMILES string of the molecule is Cc1ccc(C(=O)O)c(Oc2nc(Oc3cccc(-c4cccc(CN)c4)c3)c(F)c(N3CCC(C(=O)N(C)c4nn[nH]n4)C3)c2F)c1. The topological polar surface area (TPSA) is 173 Å². The Hall–Kier alpha value is -5.96. The molecule has 4 N–H and O–H groups in total. The molecule has 3 heterocycles. The first-order valence-corrected chi connectivity index (χ1v) is 14.9. The smallest absolute Gasteiger partial charge is 0.339 e. The Morgan fingerprint density at radius 3 is 2.48 bits per heavy atom. The van der Waals surface area contributed by atoms with Gasteiger partial charge in [-0.3, -0.25) is 9.69 Å². The van der Waals surface area contributed by atoms with Crippen molar-refractivity contribution in [3.05, 3.63) is 95.1 Å². The summed E-state index contributed by atoms with van der Waals surface area (Å²) >= 11 is 0. The van der Waals surface area contributed by atoms with Crippen LogP contribution in [-0.4, -0.2) is 62.7 Å². The number of carbonyl (C=O) groups is 2. The van der Waals surface area contributed by atoms with E-state index in [1.807, 2.05) is 30.3 Å². The number of hydrogen-bond donors (Lipinski definition) is 3. The van der Waals surface area contributed by atoms with Gasteiger partial charge in [-0.2, -0.15) is 19.0 Å². The number of nitrogens with zero attached hydrogens (tertiary/aromatic N) is 6. The predicted molar refractivity (Wildman–Crippen MR) is 170 cm³/mol. The molecule has 0 bridgehead atoms. The highest BCUT2D eigenvalue weighted by atomic mass is 19.1. The first-order chi connectivity index (χ1) is 23.1. The van der Waals surface area contributed by atoms with Crippen LogP contribution in [0.3, 0.4) is 0 Å². The highest BCUT2D eigenvalue weighted by Crippen LogP contribution is 2.41. The number of pyridine rings is 1. The van der Waals surface area contributed by atoms with Crippen LogP contribution < -0.4 is 25.0 Å². The van der Waals surface area contributed by atoms with Crippen molar-refractivity contribution in [2.45, 2.75) is 19.9 Å². The van der Waals surface area contributed by atoms with E-state index in [-0.39, 0.29) is 48.4 Å². The molecule has 1 amide bonds. The van der Waals surface area contributed by atoms with Gasteiger partial charge in [0, 0.05) is 26.7 Å². The fraction of sp³-hybridized carbons (Fsp3) is 0.212. The molecular weight excluding hydrogens is 626 g/mol. The minimum absolute atomic E-state index is 0.0514. The standard InChI is InChI=1S/C33H30F2N8O5/c1-18-9-10-24(32(45)46)25(13-18)48-30-27(35)28(43-12-11-22(17-43)31(44)42(2)33-38-40-41-39-33)26(34)29(37-30)47-23-8-4-7-21(15-23)20-6-3-5-19(14-20)16-36/h3-10,13-15,22H,11-12,16-17,36H2,1-2H3,(H,45,46)(H,38,39,40,41). The van der Waals surface area contributed by atoms with Crippen LogP contribution in [0.25, 0.3) is 11.1 Å². The summed E-state index contributed by atoms with van der Waals surface area (Å²) in [5.74, 6) is -5.94. The average molecular weight is 657 g/mol. The Bertz CT molecular complexity index is 1990. The zero-order chi connectivity index (χ0) is 33.9. The Labute approximate surface area is 272 Å². The summed E-state index contributed by atoms with van der Waals surface area (Å²) in [5.41, 5.74) is 8.16. The lowest BCUT2D eigenvalue weighted by atomic mass is 10.0. The fourth-order valence-electron chi connectivity index (χ4n) is 5.46. The number of aromatic carboxylic acids is 1. The molecule has 1 aliphatic heterocycles. The molecule has 3 aromatic carbocycles. The molecule has 48 heavy (non-hydrogen) atoms. The van der Waals surface area contributed by atoms with E-state index >= 15 is 8.78 Å². The molecule has 0 saturated carbocycles. The van der Waals surface area contributed by atoms with Gasteiger partial charge < -0.3 is 25.2 Å². The zero-order valence-corrected chi connectivity index (χ0v) is 25.9. The van der Waals surface area contributed by atoms with E-state index in [0.717, 1.165) is 16.7 Å². The van der Waals surface area contributed by atoms with Gasteiger partial charge in [-0.1, -0.05) is 41.5 Å². The molecule has 1 unspecified atom stereocenters. The van der Waals surface area contributed by atoms with Gasteiger partial charge in [0.2, 0.25) is 17.5 Å². The van der Waals surface area contributed by atoms with Crippen molar-refractivity contribution < 1.29 is 33.0 Å². The molecule has 246 valence electrons. The van der Waals surface area contributed by atoms with Crippen molar-refractivity contribution in [2.75, 3.05) is 29.9 Å². The third-order valence-corrected chi connectivity index (χ3v) is 7.93. The number of halogens is 2. The summed E-state index contributed by atoms with van der Waals surface area (Å²) in [7, 11) is 1.48. The van der Waals surface area contributed by atoms with E-state index in [2.05, 4.69) is 25.6 Å². The Morgan fingerprint density at radius 1 is 1.04 bits per heavy atom. The van der Waals surface area contributed by atoms with Crippen LogP contribution in [0.15, 0.2) is 66.7 Å². The number of rotatable bonds is 10. The molecule has 5 aromatic rings. The summed E-state index contributed by atoms with van der Waals surface area (Å²) < 4.78 is 44.3. The number of benzene rings is 3. The number of tetrazole rings is 1. The van der Waals surface area contributed by atoms with Crippen LogP contribution >= 0.6 is 0 Å². The van der Waals surface area contributed by atoms with Gasteiger partial charge in [0.25, 0.3) is 17.7 Å². The number of hydrogen-bond acceptors (Lipinski definition) is 10. The second-order valence-electron chi connectivity index (χ2n) is 11.2. The number of H-pyrrole nitrogens is 1. The molecule has 0 spiro atoms. The maximum Gasteiger partial charge on any atom is 0.339 e. The lowest BCUT2D eigenvalue weighted by Gasteiger charge is -2.23. The van der Waals surface area contributed by atoms with Crippen molar-refractivity contribution in [3.63, 3.8) is 0 Å². The van der Waals surface area contributed by atoms with Gasteiger partial charge in [0.15, 0.2) is 0 Å². The Balaban J connectivity index is 1.38. The van der Waals surface area contributed by atoms with E-state index in [0.29, 0.717) is 12.1 Å². The van der Waals surface area contributed by atoms with Crippen molar-refractivity contribution >= 4 is 23.5 Å². The number of aryl methyl sites for hydroxylation is 1. The van der Waals surface area contributed by atoms with Crippen LogP contribution in [-0.2, 0) is 11.3 Å². The van der Waals surface area contributed by atoms with Crippen LogP contribution in [0, 0.1) is 24.5 Å². The highest BCUT2D eigenvalue weighted by molar-refractivity contribution is 5.93. The first-order valence-electron chi connectivity index (χ1n) is 14.9. The molecule has 6 rings (SSSR count). The van der Waals surface area contributed by atoms with Crippen LogP contribution in [0.2, 0.25) is 0 Å². The van der Waals surface area contributed by atoms with E-state index in [9.17, 15) is 14.7 Å². The number of amides is 1. The normalized spacial score (nSPS) is 14.2. The van der Waals surface area contributed by atoms with Crippen molar-refractivity contribution in [3.8, 4) is 34.4 Å². The maximum atomic E-state index is 16.3. The minimum Gasteiger partial charge on any atom is -0.478 e. The van der Waals surface area contributed by atoms with E-state index in [4.69, 9.17) is 15.2 Å². The molecule has 1 fully saturated rings. The lowest BCUT2D eigenvalue weighted by Crippen LogP contribution is -2.35. The Morgan fingerprint density at radius 2 is 1.77 bits per heavy atom. The largest absolute Gasteiger partial charge is 0.478 e. The second-order valence-corrected chi connectivity index (χ2v) is 11.2. The third-order valence-electron chi connectivity index (χ3n) is 7.93.